The Labute approximate surface area is 182 Å². The molecule has 5 heteroatoms. The predicted molar refractivity (Wildman–Crippen MR) is 118 cm³/mol. The number of carbonyl (C=O) groups is 1. The zero-order valence-corrected chi connectivity index (χ0v) is 18.0. The fourth-order valence-corrected chi connectivity index (χ4v) is 3.98. The summed E-state index contributed by atoms with van der Waals surface area (Å²) in [5.41, 5.74) is 4.05. The molecule has 0 bridgehead atoms. The lowest BCUT2D eigenvalue weighted by molar-refractivity contribution is -0.107. The summed E-state index contributed by atoms with van der Waals surface area (Å²) in [5.74, 6) is 2.82. The zero-order valence-electron chi connectivity index (χ0n) is 18.0. The van der Waals surface area contributed by atoms with Gasteiger partial charge in [-0.3, -0.25) is 0 Å². The van der Waals surface area contributed by atoms with Crippen LogP contribution in [0, 0.1) is 0 Å². The van der Waals surface area contributed by atoms with Gasteiger partial charge in [0.1, 0.15) is 19.0 Å². The number of hydrogen-bond acceptors (Lipinski definition) is 5. The molecule has 0 fully saturated rings. The molecule has 4 rings (SSSR count). The van der Waals surface area contributed by atoms with Crippen LogP contribution in [0.25, 0.3) is 0 Å². The van der Waals surface area contributed by atoms with Crippen molar-refractivity contribution in [2.75, 3.05) is 14.2 Å². The van der Waals surface area contributed by atoms with Crippen LogP contribution in [0.4, 0.5) is 0 Å². The van der Waals surface area contributed by atoms with Crippen LogP contribution in [-0.4, -0.2) is 20.5 Å². The highest BCUT2D eigenvalue weighted by atomic mass is 16.5. The first-order chi connectivity index (χ1) is 15.1. The van der Waals surface area contributed by atoms with Crippen molar-refractivity contribution in [1.82, 2.24) is 0 Å². The standard InChI is InChI=1S/C26H26O5/c1-17-21-13-19(11-12-27)14-24(29-3)26(21)31-25(17)20-9-10-22(23(15-20)28-2)30-16-18-7-5-4-6-8-18/h4-10,12-15,17,25H,11,16H2,1-3H3/t17-,25-/m1/s1. The second kappa shape index (κ2) is 9.13. The Morgan fingerprint density at radius 3 is 2.39 bits per heavy atom. The van der Waals surface area contributed by atoms with E-state index >= 15 is 0 Å². The minimum atomic E-state index is -0.188. The van der Waals surface area contributed by atoms with E-state index in [2.05, 4.69) is 6.92 Å². The molecule has 2 atom stereocenters. The van der Waals surface area contributed by atoms with Crippen molar-refractivity contribution in [2.45, 2.75) is 32.0 Å². The van der Waals surface area contributed by atoms with Crippen LogP contribution < -0.4 is 18.9 Å². The third-order valence-corrected chi connectivity index (χ3v) is 5.63. The maximum Gasteiger partial charge on any atom is 0.165 e. The zero-order chi connectivity index (χ0) is 21.8. The van der Waals surface area contributed by atoms with Crippen molar-refractivity contribution in [2.24, 2.45) is 0 Å². The molecule has 3 aromatic carbocycles. The van der Waals surface area contributed by atoms with Crippen molar-refractivity contribution < 1.29 is 23.7 Å². The predicted octanol–water partition coefficient (Wildman–Crippen LogP) is 5.26. The maximum absolute atomic E-state index is 11.0. The van der Waals surface area contributed by atoms with Gasteiger partial charge in [-0.2, -0.15) is 0 Å². The van der Waals surface area contributed by atoms with Crippen molar-refractivity contribution >= 4 is 6.29 Å². The average Bonchev–Trinajstić information content (AvgIpc) is 3.14. The number of rotatable bonds is 8. The molecule has 5 nitrogen and oxygen atoms in total. The first-order valence-electron chi connectivity index (χ1n) is 10.3. The second-order valence-corrected chi connectivity index (χ2v) is 7.60. The monoisotopic (exact) mass is 418 g/mol. The van der Waals surface area contributed by atoms with Gasteiger partial charge in [-0.15, -0.1) is 0 Å². The van der Waals surface area contributed by atoms with Gasteiger partial charge in [-0.1, -0.05) is 49.4 Å². The lowest BCUT2D eigenvalue weighted by Gasteiger charge is -2.18. The van der Waals surface area contributed by atoms with Crippen LogP contribution >= 0.6 is 0 Å². The quantitative estimate of drug-likeness (QED) is 0.467. The highest BCUT2D eigenvalue weighted by Crippen LogP contribution is 2.51. The summed E-state index contributed by atoms with van der Waals surface area (Å²) in [6.07, 6.45) is 1.06. The third-order valence-electron chi connectivity index (χ3n) is 5.63. The van der Waals surface area contributed by atoms with Gasteiger partial charge in [0.05, 0.1) is 14.2 Å². The van der Waals surface area contributed by atoms with E-state index in [0.717, 1.165) is 34.3 Å². The van der Waals surface area contributed by atoms with Gasteiger partial charge in [0.15, 0.2) is 23.0 Å². The maximum atomic E-state index is 11.0. The summed E-state index contributed by atoms with van der Waals surface area (Å²) in [5, 5.41) is 0. The topological polar surface area (TPSA) is 54.0 Å². The summed E-state index contributed by atoms with van der Waals surface area (Å²) in [7, 11) is 3.25. The summed E-state index contributed by atoms with van der Waals surface area (Å²) < 4.78 is 23.4. The first kappa shape index (κ1) is 20.8. The smallest absolute Gasteiger partial charge is 0.165 e. The van der Waals surface area contributed by atoms with E-state index in [1.807, 2.05) is 60.7 Å². The highest BCUT2D eigenvalue weighted by molar-refractivity contribution is 5.61. The number of benzene rings is 3. The molecule has 1 aliphatic rings. The Kier molecular flexibility index (Phi) is 6.12. The van der Waals surface area contributed by atoms with Crippen LogP contribution in [0.2, 0.25) is 0 Å². The Balaban J connectivity index is 1.58. The van der Waals surface area contributed by atoms with Gasteiger partial charge >= 0.3 is 0 Å². The van der Waals surface area contributed by atoms with Crippen molar-refractivity contribution in [3.8, 4) is 23.0 Å². The Bertz CT molecular complexity index is 1060. The second-order valence-electron chi connectivity index (χ2n) is 7.60. The van der Waals surface area contributed by atoms with Crippen LogP contribution in [0.3, 0.4) is 0 Å². The molecule has 0 N–H and O–H groups in total. The summed E-state index contributed by atoms with van der Waals surface area (Å²) in [4.78, 5) is 11.0. The fourth-order valence-electron chi connectivity index (χ4n) is 3.98. The SMILES string of the molecule is COc1cc([C@@H]2Oc3c(OC)cc(CC=O)cc3[C@H]2C)ccc1OCc1ccccc1. The molecule has 0 aromatic heterocycles. The van der Waals surface area contributed by atoms with Crippen LogP contribution in [-0.2, 0) is 17.8 Å². The van der Waals surface area contributed by atoms with E-state index in [0.29, 0.717) is 30.3 Å². The van der Waals surface area contributed by atoms with Gasteiger partial charge in [0.25, 0.3) is 0 Å². The Morgan fingerprint density at radius 2 is 1.68 bits per heavy atom. The van der Waals surface area contributed by atoms with Crippen molar-refractivity contribution in [3.05, 3.63) is 82.9 Å². The summed E-state index contributed by atoms with van der Waals surface area (Å²) >= 11 is 0. The van der Waals surface area contributed by atoms with E-state index in [-0.39, 0.29) is 12.0 Å². The minimum absolute atomic E-state index is 0.0938. The normalized spacial score (nSPS) is 16.9. The number of fused-ring (bicyclic) bond motifs is 1. The van der Waals surface area contributed by atoms with Crippen LogP contribution in [0.15, 0.2) is 60.7 Å². The number of ether oxygens (including phenoxy) is 4. The first-order valence-corrected chi connectivity index (χ1v) is 10.3. The molecule has 1 heterocycles. The minimum Gasteiger partial charge on any atom is -0.493 e. The Hall–Kier alpha value is -3.47. The van der Waals surface area contributed by atoms with Gasteiger partial charge in [0, 0.05) is 17.9 Å². The molecule has 0 spiro atoms. The molecule has 3 aromatic rings. The molecular weight excluding hydrogens is 392 g/mol. The number of aldehydes is 1. The van der Waals surface area contributed by atoms with E-state index in [1.165, 1.54) is 0 Å². The van der Waals surface area contributed by atoms with E-state index in [4.69, 9.17) is 18.9 Å². The van der Waals surface area contributed by atoms with Gasteiger partial charge in [-0.25, -0.2) is 0 Å². The van der Waals surface area contributed by atoms with Gasteiger partial charge < -0.3 is 23.7 Å². The molecule has 0 radical (unpaired) electrons. The Morgan fingerprint density at radius 1 is 0.903 bits per heavy atom. The van der Waals surface area contributed by atoms with E-state index in [1.54, 1.807) is 14.2 Å². The van der Waals surface area contributed by atoms with Crippen molar-refractivity contribution in [1.29, 1.82) is 0 Å². The van der Waals surface area contributed by atoms with E-state index < -0.39 is 0 Å². The molecular formula is C26H26O5. The molecule has 0 saturated carbocycles. The summed E-state index contributed by atoms with van der Waals surface area (Å²) in [6, 6.07) is 19.8. The van der Waals surface area contributed by atoms with Crippen molar-refractivity contribution in [3.63, 3.8) is 0 Å². The number of carbonyl (C=O) groups excluding carboxylic acids is 1. The molecule has 0 unspecified atom stereocenters. The van der Waals surface area contributed by atoms with E-state index in [9.17, 15) is 4.79 Å². The highest BCUT2D eigenvalue weighted by Gasteiger charge is 2.35. The fraction of sp³-hybridized carbons (Fsp3) is 0.269. The summed E-state index contributed by atoms with van der Waals surface area (Å²) in [6.45, 7) is 2.59. The van der Waals surface area contributed by atoms with Crippen LogP contribution in [0.5, 0.6) is 23.0 Å². The molecule has 1 aliphatic heterocycles. The lowest BCUT2D eigenvalue weighted by atomic mass is 9.91. The van der Waals surface area contributed by atoms with Gasteiger partial charge in [-0.05, 0) is 34.9 Å². The number of hydrogen-bond donors (Lipinski definition) is 0. The largest absolute Gasteiger partial charge is 0.493 e. The van der Waals surface area contributed by atoms with Gasteiger partial charge in [0.2, 0.25) is 0 Å². The lowest BCUT2D eigenvalue weighted by Crippen LogP contribution is -2.08. The molecule has 0 amide bonds. The third kappa shape index (κ3) is 4.22. The molecule has 160 valence electrons. The van der Waals surface area contributed by atoms with Crippen LogP contribution in [0.1, 0.15) is 41.2 Å². The molecule has 0 saturated heterocycles. The number of methoxy groups -OCH3 is 2. The molecule has 0 aliphatic carbocycles. The average molecular weight is 418 g/mol. The molecule has 31 heavy (non-hydrogen) atoms.